The van der Waals surface area contributed by atoms with Gasteiger partial charge in [0.05, 0.1) is 13.2 Å². The molecule has 3 nitrogen and oxygen atoms in total. The highest BCUT2D eigenvalue weighted by Gasteiger charge is 2.46. The average molecular weight is 441 g/mol. The highest BCUT2D eigenvalue weighted by molar-refractivity contribution is 5.47. The van der Waals surface area contributed by atoms with E-state index in [4.69, 9.17) is 11.3 Å². The van der Waals surface area contributed by atoms with E-state index in [-0.39, 0.29) is 0 Å². The molecule has 172 valence electrons. The van der Waals surface area contributed by atoms with Gasteiger partial charge in [0.1, 0.15) is 5.75 Å². The molecule has 1 unspecified atom stereocenters. The van der Waals surface area contributed by atoms with Gasteiger partial charge in [-0.2, -0.15) is 0 Å². The molecule has 0 saturated heterocycles. The van der Waals surface area contributed by atoms with E-state index in [9.17, 15) is 0 Å². The maximum Gasteiger partial charge on any atom is 0.187 e. The van der Waals surface area contributed by atoms with E-state index in [0.717, 1.165) is 37.8 Å². The van der Waals surface area contributed by atoms with Crippen molar-refractivity contribution in [3.63, 3.8) is 0 Å². The van der Waals surface area contributed by atoms with Crippen LogP contribution < -0.4 is 4.74 Å². The summed E-state index contributed by atoms with van der Waals surface area (Å²) >= 11 is 0. The Bertz CT molecular complexity index is 1010. The molecule has 2 aliphatic carbocycles. The minimum atomic E-state index is 0.304. The third-order valence-electron chi connectivity index (χ3n) is 8.29. The van der Waals surface area contributed by atoms with Crippen LogP contribution >= 0.6 is 0 Å². The van der Waals surface area contributed by atoms with Crippen molar-refractivity contribution in [3.8, 4) is 5.75 Å². The topological polar surface area (TPSA) is 16.8 Å². The molecular weight excluding hydrogens is 404 g/mol. The summed E-state index contributed by atoms with van der Waals surface area (Å²) in [7, 11) is 0. The highest BCUT2D eigenvalue weighted by Crippen LogP contribution is 2.54. The van der Waals surface area contributed by atoms with Crippen molar-refractivity contribution < 1.29 is 4.74 Å². The standard InChI is InChI=1S/C30H36N2O/c1-31-27-13-15-28(16-14-27)33-23-7-20-32-21-17-26(18-22-32)30(25-10-3-4-11-25)19-6-9-24-8-2-5-12-29(24)30/h2,5,8,12-17,25H,3-4,6-7,9-11,18-23H2. The quantitative estimate of drug-likeness (QED) is 0.259. The Balaban J connectivity index is 1.22. The molecule has 0 N–H and O–H groups in total. The number of hydrogen-bond acceptors (Lipinski definition) is 2. The second-order valence-corrected chi connectivity index (χ2v) is 10.1. The van der Waals surface area contributed by atoms with Crippen LogP contribution in [0.15, 0.2) is 60.2 Å². The van der Waals surface area contributed by atoms with E-state index in [1.54, 1.807) is 16.7 Å². The molecule has 0 spiro atoms. The van der Waals surface area contributed by atoms with Crippen molar-refractivity contribution in [2.45, 2.75) is 63.2 Å². The van der Waals surface area contributed by atoms with Crippen molar-refractivity contribution in [2.75, 3.05) is 26.2 Å². The summed E-state index contributed by atoms with van der Waals surface area (Å²) in [4.78, 5) is 6.02. The molecule has 1 saturated carbocycles. The molecule has 3 aliphatic rings. The van der Waals surface area contributed by atoms with Crippen LogP contribution in [0.25, 0.3) is 4.85 Å². The van der Waals surface area contributed by atoms with E-state index >= 15 is 0 Å². The first-order valence-electron chi connectivity index (χ1n) is 12.9. The van der Waals surface area contributed by atoms with Crippen LogP contribution in [-0.4, -0.2) is 31.1 Å². The van der Waals surface area contributed by atoms with Gasteiger partial charge >= 0.3 is 0 Å². The van der Waals surface area contributed by atoms with E-state index in [1.807, 2.05) is 24.3 Å². The molecule has 2 aromatic rings. The Morgan fingerprint density at radius 2 is 1.82 bits per heavy atom. The van der Waals surface area contributed by atoms with Gasteiger partial charge in [-0.25, -0.2) is 4.85 Å². The lowest BCUT2D eigenvalue weighted by molar-refractivity contribution is 0.221. The van der Waals surface area contributed by atoms with Gasteiger partial charge in [0.25, 0.3) is 0 Å². The Labute approximate surface area is 199 Å². The van der Waals surface area contributed by atoms with Crippen molar-refractivity contribution in [1.29, 1.82) is 0 Å². The lowest BCUT2D eigenvalue weighted by Crippen LogP contribution is -2.43. The minimum absolute atomic E-state index is 0.304. The van der Waals surface area contributed by atoms with Crippen LogP contribution in [0.3, 0.4) is 0 Å². The van der Waals surface area contributed by atoms with Gasteiger partial charge in [0, 0.05) is 25.0 Å². The molecule has 1 heterocycles. The average Bonchev–Trinajstić information content (AvgIpc) is 3.43. The van der Waals surface area contributed by atoms with Crippen LogP contribution in [0.4, 0.5) is 5.69 Å². The summed E-state index contributed by atoms with van der Waals surface area (Å²) in [6.45, 7) is 11.1. The summed E-state index contributed by atoms with van der Waals surface area (Å²) in [5.41, 5.74) is 5.99. The zero-order valence-corrected chi connectivity index (χ0v) is 19.8. The van der Waals surface area contributed by atoms with Gasteiger partial charge in [-0.15, -0.1) is 0 Å². The van der Waals surface area contributed by atoms with Crippen LogP contribution in [0.2, 0.25) is 0 Å². The molecule has 1 aliphatic heterocycles. The second kappa shape index (κ2) is 10.1. The number of nitrogens with zero attached hydrogens (tertiary/aromatic N) is 2. The van der Waals surface area contributed by atoms with Crippen LogP contribution in [0, 0.1) is 12.5 Å². The van der Waals surface area contributed by atoms with Gasteiger partial charge in [0.15, 0.2) is 5.69 Å². The number of hydrogen-bond donors (Lipinski definition) is 0. The normalized spacial score (nSPS) is 23.5. The number of benzene rings is 2. The molecule has 0 aromatic heterocycles. The molecule has 1 fully saturated rings. The van der Waals surface area contributed by atoms with Crippen molar-refractivity contribution in [2.24, 2.45) is 5.92 Å². The Hall–Kier alpha value is -2.57. The zero-order chi connectivity index (χ0) is 22.5. The zero-order valence-electron chi connectivity index (χ0n) is 19.8. The third kappa shape index (κ3) is 4.59. The van der Waals surface area contributed by atoms with E-state index < -0.39 is 0 Å². The van der Waals surface area contributed by atoms with Crippen LogP contribution in [0.5, 0.6) is 5.75 Å². The summed E-state index contributed by atoms with van der Waals surface area (Å²) in [5.74, 6) is 1.69. The Morgan fingerprint density at radius 3 is 2.58 bits per heavy atom. The summed E-state index contributed by atoms with van der Waals surface area (Å²) in [5, 5.41) is 0. The molecular formula is C30H36N2O. The largest absolute Gasteiger partial charge is 0.494 e. The Kier molecular flexibility index (Phi) is 6.83. The van der Waals surface area contributed by atoms with Gasteiger partial charge in [-0.3, -0.25) is 4.90 Å². The van der Waals surface area contributed by atoms with Gasteiger partial charge in [-0.1, -0.05) is 60.9 Å². The second-order valence-electron chi connectivity index (χ2n) is 10.1. The predicted molar refractivity (Wildman–Crippen MR) is 135 cm³/mol. The predicted octanol–water partition coefficient (Wildman–Crippen LogP) is 7.10. The highest BCUT2D eigenvalue weighted by atomic mass is 16.5. The SMILES string of the molecule is [C-]#[N+]c1ccc(OCCCN2CC=C(C3(C4CCCC4)CCCc4ccccc43)CC2)cc1. The smallest absolute Gasteiger partial charge is 0.187 e. The summed E-state index contributed by atoms with van der Waals surface area (Å²) in [6.07, 6.45) is 14.4. The van der Waals surface area contributed by atoms with E-state index in [0.29, 0.717) is 11.1 Å². The molecule has 0 radical (unpaired) electrons. The summed E-state index contributed by atoms with van der Waals surface area (Å²) in [6, 6.07) is 16.8. The van der Waals surface area contributed by atoms with Gasteiger partial charge in [-0.05, 0) is 74.1 Å². The molecule has 0 bridgehead atoms. The fourth-order valence-electron chi connectivity index (χ4n) is 6.72. The van der Waals surface area contributed by atoms with Crippen LogP contribution in [0.1, 0.15) is 62.5 Å². The minimum Gasteiger partial charge on any atom is -0.494 e. The first-order valence-corrected chi connectivity index (χ1v) is 12.9. The molecule has 5 rings (SSSR count). The lowest BCUT2D eigenvalue weighted by Gasteiger charge is -2.48. The Morgan fingerprint density at radius 1 is 1.00 bits per heavy atom. The lowest BCUT2D eigenvalue weighted by atomic mass is 9.57. The molecule has 2 aromatic carbocycles. The van der Waals surface area contributed by atoms with Gasteiger partial charge in [0.2, 0.25) is 0 Å². The monoisotopic (exact) mass is 440 g/mol. The molecule has 0 amide bonds. The maximum atomic E-state index is 7.05. The number of fused-ring (bicyclic) bond motifs is 1. The van der Waals surface area contributed by atoms with Crippen molar-refractivity contribution in [1.82, 2.24) is 4.90 Å². The summed E-state index contributed by atoms with van der Waals surface area (Å²) < 4.78 is 5.89. The number of rotatable bonds is 7. The first kappa shape index (κ1) is 22.2. The number of aryl methyl sites for hydroxylation is 1. The maximum absolute atomic E-state index is 7.05. The molecule has 3 heteroatoms. The third-order valence-corrected chi connectivity index (χ3v) is 8.29. The van der Waals surface area contributed by atoms with Crippen molar-refractivity contribution >= 4 is 5.69 Å². The van der Waals surface area contributed by atoms with E-state index in [1.165, 1.54) is 57.9 Å². The first-order chi connectivity index (χ1) is 16.3. The van der Waals surface area contributed by atoms with E-state index in [2.05, 4.69) is 40.1 Å². The fraction of sp³-hybridized carbons (Fsp3) is 0.500. The molecule has 33 heavy (non-hydrogen) atoms. The number of ether oxygens (including phenoxy) is 1. The van der Waals surface area contributed by atoms with Crippen molar-refractivity contribution in [3.05, 3.63) is 82.7 Å². The fourth-order valence-corrected chi connectivity index (χ4v) is 6.72. The molecule has 1 atom stereocenters. The van der Waals surface area contributed by atoms with Crippen LogP contribution in [-0.2, 0) is 11.8 Å². The van der Waals surface area contributed by atoms with Gasteiger partial charge < -0.3 is 4.74 Å².